The molecule has 1 saturated carbocycles. The maximum atomic E-state index is 13.7. The van der Waals surface area contributed by atoms with E-state index in [1.807, 2.05) is 66.6 Å². The number of anilines is 2. The molecule has 258 valence electrons. The van der Waals surface area contributed by atoms with E-state index < -0.39 is 0 Å². The summed E-state index contributed by atoms with van der Waals surface area (Å²) in [5.41, 5.74) is 7.88. The van der Waals surface area contributed by atoms with Crippen molar-refractivity contribution in [1.82, 2.24) is 28.9 Å². The summed E-state index contributed by atoms with van der Waals surface area (Å²) in [5.74, 6) is 1.12. The highest BCUT2D eigenvalue weighted by atomic mass is 35.5. The number of nitrogens with zero attached hydrogens (tertiary/aromatic N) is 6. The number of nitrogens with one attached hydrogen (secondary N) is 2. The summed E-state index contributed by atoms with van der Waals surface area (Å²) >= 11 is 7.00. The lowest BCUT2D eigenvalue weighted by Crippen LogP contribution is -2.41. The second-order valence-corrected chi connectivity index (χ2v) is 14.5. The molecule has 2 aromatic carbocycles. The van der Waals surface area contributed by atoms with Crippen molar-refractivity contribution < 1.29 is 9.59 Å². The Morgan fingerprint density at radius 3 is 2.02 bits per heavy atom. The molecule has 4 aromatic rings. The third-order valence-corrected chi connectivity index (χ3v) is 11.6. The van der Waals surface area contributed by atoms with Gasteiger partial charge in [-0.3, -0.25) is 14.5 Å². The van der Waals surface area contributed by atoms with Crippen LogP contribution in [0.25, 0.3) is 11.1 Å². The maximum absolute atomic E-state index is 13.7. The minimum Gasteiger partial charge on any atom is -0.327 e. The van der Waals surface area contributed by atoms with Crippen LogP contribution in [-0.2, 0) is 40.0 Å². The van der Waals surface area contributed by atoms with Crippen molar-refractivity contribution in [3.8, 4) is 11.1 Å². The largest absolute Gasteiger partial charge is 0.327 e. The van der Waals surface area contributed by atoms with Crippen LogP contribution in [-0.4, -0.2) is 66.9 Å². The van der Waals surface area contributed by atoms with Gasteiger partial charge in [0, 0.05) is 81.8 Å². The molecule has 10 nitrogen and oxygen atoms in total. The van der Waals surface area contributed by atoms with E-state index >= 15 is 0 Å². The van der Waals surface area contributed by atoms with Gasteiger partial charge in [0.15, 0.2) is 11.6 Å². The zero-order chi connectivity index (χ0) is 34.4. The summed E-state index contributed by atoms with van der Waals surface area (Å²) in [7, 11) is 5.90. The molecular formula is C38H47ClN8O2. The lowest BCUT2D eigenvalue weighted by atomic mass is 9.83. The van der Waals surface area contributed by atoms with E-state index in [1.54, 1.807) is 0 Å². The molecule has 0 atom stereocenters. The Balaban J connectivity index is 1.07. The topological polar surface area (TPSA) is 100 Å². The van der Waals surface area contributed by atoms with Gasteiger partial charge in [0.25, 0.3) is 11.8 Å². The smallest absolute Gasteiger partial charge is 0.291 e. The van der Waals surface area contributed by atoms with E-state index in [0.29, 0.717) is 34.1 Å². The number of imidazole rings is 2. The zero-order valence-corrected chi connectivity index (χ0v) is 30.0. The van der Waals surface area contributed by atoms with Gasteiger partial charge >= 0.3 is 0 Å². The third kappa shape index (κ3) is 6.42. The van der Waals surface area contributed by atoms with Crippen LogP contribution < -0.4 is 10.6 Å². The molecule has 7 rings (SSSR count). The monoisotopic (exact) mass is 682 g/mol. The summed E-state index contributed by atoms with van der Waals surface area (Å²) in [5, 5.41) is 6.55. The number of likely N-dealkylation sites (N-methyl/N-ethyl adjacent to an activating group) is 1. The molecule has 0 spiro atoms. The molecule has 3 aliphatic rings. The molecule has 1 aliphatic carbocycles. The van der Waals surface area contributed by atoms with Crippen molar-refractivity contribution in [2.24, 2.45) is 20.0 Å². The van der Waals surface area contributed by atoms with Crippen molar-refractivity contribution in [3.63, 3.8) is 0 Å². The number of rotatable bonds is 7. The summed E-state index contributed by atoms with van der Waals surface area (Å²) in [4.78, 5) is 41.4. The number of fused-ring (bicyclic) bond motifs is 2. The van der Waals surface area contributed by atoms with Gasteiger partial charge < -0.3 is 24.7 Å². The van der Waals surface area contributed by atoms with Gasteiger partial charge in [-0.05, 0) is 68.8 Å². The van der Waals surface area contributed by atoms with Crippen LogP contribution in [0.1, 0.15) is 88.6 Å². The first-order valence-electron chi connectivity index (χ1n) is 17.7. The molecular weight excluding hydrogens is 636 g/mol. The molecule has 4 heterocycles. The molecule has 2 amide bonds. The van der Waals surface area contributed by atoms with Crippen LogP contribution in [0.3, 0.4) is 0 Å². The number of carbonyl (C=O) groups excluding carboxylic acids is 2. The van der Waals surface area contributed by atoms with Crippen LogP contribution in [0.15, 0.2) is 36.4 Å². The number of halogens is 1. The minimum absolute atomic E-state index is 0.253. The van der Waals surface area contributed by atoms with Crippen LogP contribution in [0, 0.1) is 12.8 Å². The molecule has 2 aromatic heterocycles. The van der Waals surface area contributed by atoms with Crippen LogP contribution in [0.4, 0.5) is 11.4 Å². The van der Waals surface area contributed by atoms with Gasteiger partial charge in [-0.25, -0.2) is 9.97 Å². The molecule has 49 heavy (non-hydrogen) atoms. The molecule has 0 unspecified atom stereocenters. The molecule has 2 aliphatic heterocycles. The first-order chi connectivity index (χ1) is 23.6. The van der Waals surface area contributed by atoms with Gasteiger partial charge in [0.05, 0.1) is 22.1 Å². The Morgan fingerprint density at radius 1 is 0.796 bits per heavy atom. The van der Waals surface area contributed by atoms with Gasteiger partial charge in [0.1, 0.15) is 0 Å². The molecule has 1 fully saturated rings. The van der Waals surface area contributed by atoms with Crippen LogP contribution >= 0.6 is 11.6 Å². The number of carbonyl (C=O) groups is 2. The summed E-state index contributed by atoms with van der Waals surface area (Å²) in [6.07, 6.45) is 8.15. The molecule has 11 heteroatoms. The number of amides is 2. The predicted octanol–water partition coefficient (Wildman–Crippen LogP) is 6.60. The molecule has 0 saturated heterocycles. The first kappa shape index (κ1) is 33.5. The van der Waals surface area contributed by atoms with E-state index in [1.165, 1.54) is 32.1 Å². The number of hydrogen-bond donors (Lipinski definition) is 2. The number of hydrogen-bond acceptors (Lipinski definition) is 6. The number of benzene rings is 2. The molecule has 2 N–H and O–H groups in total. The van der Waals surface area contributed by atoms with Crippen molar-refractivity contribution >= 4 is 34.8 Å². The Hall–Kier alpha value is -3.99. The minimum atomic E-state index is -0.285. The lowest BCUT2D eigenvalue weighted by molar-refractivity contribution is 0.100. The second kappa shape index (κ2) is 13.7. The standard InChI is InChI=1S/C38H47ClN8O2/c1-6-24-13-15-25(16-14-24)47-20-18-33-31(22-47)41-36(46(33)5)38(49)43-29-12-8-10-27(34(29)39)26-9-7-11-28(23(26)2)42-37(48)35-40-30-21-44(3)19-17-32(30)45(35)4/h7-12,24-25H,6,13-22H2,1-5H3,(H,42,48)(H,43,49). The SMILES string of the molecule is CCC1CCC(N2CCc3c(nc(C(=O)Nc4cccc(-c5cccc(NC(=O)c6nc7c(n6C)CCN(C)C7)c5C)c4Cl)n3C)C2)CC1. The van der Waals surface area contributed by atoms with E-state index in [9.17, 15) is 9.59 Å². The normalized spacial score (nSPS) is 19.7. The fourth-order valence-electron chi connectivity index (χ4n) is 8.10. The number of aromatic nitrogens is 4. The Bertz CT molecular complexity index is 1900. The van der Waals surface area contributed by atoms with Crippen LogP contribution in [0.2, 0.25) is 5.02 Å². The summed E-state index contributed by atoms with van der Waals surface area (Å²) in [6.45, 7) is 7.73. The average Bonchev–Trinajstić information content (AvgIpc) is 3.62. The van der Waals surface area contributed by atoms with Gasteiger partial charge in [-0.15, -0.1) is 0 Å². The highest BCUT2D eigenvalue weighted by molar-refractivity contribution is 6.36. The van der Waals surface area contributed by atoms with E-state index in [0.717, 1.165) is 84.4 Å². The Morgan fingerprint density at radius 2 is 1.37 bits per heavy atom. The summed E-state index contributed by atoms with van der Waals surface area (Å²) in [6, 6.07) is 12.0. The third-order valence-electron chi connectivity index (χ3n) is 11.2. The first-order valence-corrected chi connectivity index (χ1v) is 18.0. The maximum Gasteiger partial charge on any atom is 0.291 e. The van der Waals surface area contributed by atoms with Crippen molar-refractivity contribution in [1.29, 1.82) is 0 Å². The Kier molecular flexibility index (Phi) is 9.39. The lowest BCUT2D eigenvalue weighted by Gasteiger charge is -2.38. The highest BCUT2D eigenvalue weighted by Gasteiger charge is 2.31. The van der Waals surface area contributed by atoms with E-state index in [-0.39, 0.29) is 11.8 Å². The van der Waals surface area contributed by atoms with Crippen LogP contribution in [0.5, 0.6) is 0 Å². The van der Waals surface area contributed by atoms with Gasteiger partial charge in [-0.1, -0.05) is 49.2 Å². The Labute approximate surface area is 293 Å². The molecule has 0 radical (unpaired) electrons. The van der Waals surface area contributed by atoms with Gasteiger partial charge in [-0.2, -0.15) is 0 Å². The zero-order valence-electron chi connectivity index (χ0n) is 29.3. The van der Waals surface area contributed by atoms with E-state index in [4.69, 9.17) is 16.6 Å². The predicted molar refractivity (Wildman–Crippen MR) is 194 cm³/mol. The quantitative estimate of drug-likeness (QED) is 0.228. The average molecular weight is 683 g/mol. The van der Waals surface area contributed by atoms with Gasteiger partial charge in [0.2, 0.25) is 0 Å². The van der Waals surface area contributed by atoms with Crippen molar-refractivity contribution in [3.05, 3.63) is 81.4 Å². The van der Waals surface area contributed by atoms with Crippen molar-refractivity contribution in [2.45, 2.75) is 77.9 Å². The van der Waals surface area contributed by atoms with Crippen molar-refractivity contribution in [2.75, 3.05) is 30.8 Å². The second-order valence-electron chi connectivity index (χ2n) is 14.1. The van der Waals surface area contributed by atoms with E-state index in [2.05, 4.69) is 39.4 Å². The fraction of sp³-hybridized carbons (Fsp3) is 0.474. The highest BCUT2D eigenvalue weighted by Crippen LogP contribution is 2.38. The fourth-order valence-corrected chi connectivity index (χ4v) is 8.37. The summed E-state index contributed by atoms with van der Waals surface area (Å²) < 4.78 is 3.85. The molecule has 0 bridgehead atoms.